The van der Waals surface area contributed by atoms with Crippen molar-refractivity contribution in [2.45, 2.75) is 50.6 Å². The summed E-state index contributed by atoms with van der Waals surface area (Å²) in [5, 5.41) is 4.73. The van der Waals surface area contributed by atoms with Crippen molar-refractivity contribution in [2.24, 2.45) is 4.99 Å². The molecule has 1 N–H and O–H groups in total. The van der Waals surface area contributed by atoms with Crippen LogP contribution >= 0.6 is 11.8 Å². The summed E-state index contributed by atoms with van der Waals surface area (Å²) in [5.41, 5.74) is 0.358. The van der Waals surface area contributed by atoms with Crippen LogP contribution in [0.4, 0.5) is 0 Å². The van der Waals surface area contributed by atoms with Gasteiger partial charge in [0.05, 0.1) is 6.04 Å². The van der Waals surface area contributed by atoms with Crippen LogP contribution in [0.25, 0.3) is 0 Å². The van der Waals surface area contributed by atoms with Crippen molar-refractivity contribution in [3.63, 3.8) is 0 Å². The SMILES string of the molecule is CC(CCS(C)=O)N=C1NC2(CCCC2)CS1. The monoisotopic (exact) mass is 274 g/mol. The Labute approximate surface area is 111 Å². The molecule has 1 aliphatic carbocycles. The lowest BCUT2D eigenvalue weighted by Gasteiger charge is -2.22. The standard InChI is InChI=1S/C12H22N2OS2/c1-10(5-8-17(2)15)13-11-14-12(9-16-11)6-3-4-7-12/h10H,3-9H2,1-2H3,(H,13,14). The third kappa shape index (κ3) is 3.71. The van der Waals surface area contributed by atoms with Crippen molar-refractivity contribution in [3.8, 4) is 0 Å². The van der Waals surface area contributed by atoms with Crippen LogP contribution in [0.2, 0.25) is 0 Å². The summed E-state index contributed by atoms with van der Waals surface area (Å²) in [4.78, 5) is 4.70. The normalized spacial score (nSPS) is 28.5. The third-order valence-corrected chi connectivity index (χ3v) is 5.57. The molecular weight excluding hydrogens is 252 g/mol. The zero-order chi connectivity index (χ0) is 12.3. The first-order valence-corrected chi connectivity index (χ1v) is 9.10. The molecule has 98 valence electrons. The van der Waals surface area contributed by atoms with E-state index in [0.717, 1.165) is 17.3 Å². The summed E-state index contributed by atoms with van der Waals surface area (Å²) in [6, 6.07) is 0.283. The van der Waals surface area contributed by atoms with E-state index < -0.39 is 10.8 Å². The minimum Gasteiger partial charge on any atom is -0.359 e. The van der Waals surface area contributed by atoms with Crippen molar-refractivity contribution in [1.82, 2.24) is 5.32 Å². The highest BCUT2D eigenvalue weighted by atomic mass is 32.2. The first kappa shape index (κ1) is 13.4. The summed E-state index contributed by atoms with van der Waals surface area (Å²) in [5.74, 6) is 1.94. The molecule has 1 saturated heterocycles. The van der Waals surface area contributed by atoms with E-state index in [-0.39, 0.29) is 6.04 Å². The Kier molecular flexibility index (Phi) is 4.53. The van der Waals surface area contributed by atoms with Crippen molar-refractivity contribution in [2.75, 3.05) is 17.8 Å². The Morgan fingerprint density at radius 2 is 2.24 bits per heavy atom. The van der Waals surface area contributed by atoms with Crippen LogP contribution in [0.1, 0.15) is 39.0 Å². The highest BCUT2D eigenvalue weighted by molar-refractivity contribution is 8.14. The first-order valence-electron chi connectivity index (χ1n) is 6.38. The maximum Gasteiger partial charge on any atom is 0.157 e. The number of nitrogens with zero attached hydrogens (tertiary/aromatic N) is 1. The average molecular weight is 274 g/mol. The third-order valence-electron chi connectivity index (χ3n) is 3.58. The fourth-order valence-corrected chi connectivity index (χ4v) is 4.49. The number of hydrogen-bond acceptors (Lipinski definition) is 3. The molecule has 5 heteroatoms. The Bertz CT molecular complexity index is 324. The van der Waals surface area contributed by atoms with Gasteiger partial charge in [0.25, 0.3) is 0 Å². The van der Waals surface area contributed by atoms with Gasteiger partial charge in [0.1, 0.15) is 0 Å². The Hall–Kier alpha value is -0.0300. The van der Waals surface area contributed by atoms with Gasteiger partial charge in [0, 0.05) is 34.1 Å². The van der Waals surface area contributed by atoms with Crippen LogP contribution in [-0.4, -0.2) is 38.7 Å². The molecular formula is C12H22N2OS2. The summed E-state index contributed by atoms with van der Waals surface area (Å²) in [7, 11) is -0.694. The number of hydrogen-bond donors (Lipinski definition) is 1. The zero-order valence-corrected chi connectivity index (χ0v) is 12.3. The maximum atomic E-state index is 11.0. The Morgan fingerprint density at radius 1 is 1.53 bits per heavy atom. The van der Waals surface area contributed by atoms with Crippen LogP contribution in [0.5, 0.6) is 0 Å². The van der Waals surface area contributed by atoms with E-state index in [1.165, 1.54) is 31.4 Å². The lowest BCUT2D eigenvalue weighted by Crippen LogP contribution is -2.40. The van der Waals surface area contributed by atoms with Crippen LogP contribution in [0, 0.1) is 0 Å². The second-order valence-corrected chi connectivity index (χ2v) is 7.77. The fraction of sp³-hybridized carbons (Fsp3) is 0.917. The molecule has 0 aromatic heterocycles. The number of thioether (sulfide) groups is 1. The molecule has 3 nitrogen and oxygen atoms in total. The molecule has 2 atom stereocenters. The van der Waals surface area contributed by atoms with Crippen molar-refractivity contribution in [3.05, 3.63) is 0 Å². The molecule has 1 saturated carbocycles. The molecule has 17 heavy (non-hydrogen) atoms. The number of aliphatic imine (C=N–C) groups is 1. The molecule has 2 aliphatic rings. The summed E-state index contributed by atoms with van der Waals surface area (Å²) < 4.78 is 11.0. The van der Waals surface area contributed by atoms with Gasteiger partial charge in [-0.3, -0.25) is 9.20 Å². The zero-order valence-electron chi connectivity index (χ0n) is 10.7. The number of rotatable bonds is 4. The van der Waals surface area contributed by atoms with Crippen molar-refractivity contribution >= 4 is 27.7 Å². The minimum absolute atomic E-state index is 0.283. The highest BCUT2D eigenvalue weighted by Crippen LogP contribution is 2.37. The van der Waals surface area contributed by atoms with Crippen LogP contribution in [0.15, 0.2) is 4.99 Å². The van der Waals surface area contributed by atoms with Crippen LogP contribution < -0.4 is 5.32 Å². The smallest absolute Gasteiger partial charge is 0.157 e. The van der Waals surface area contributed by atoms with Gasteiger partial charge in [-0.2, -0.15) is 0 Å². The molecule has 1 spiro atoms. The van der Waals surface area contributed by atoms with Gasteiger partial charge >= 0.3 is 0 Å². The van der Waals surface area contributed by atoms with Crippen molar-refractivity contribution in [1.29, 1.82) is 0 Å². The van der Waals surface area contributed by atoms with E-state index in [1.807, 2.05) is 11.8 Å². The van der Waals surface area contributed by atoms with E-state index in [4.69, 9.17) is 4.99 Å². The minimum atomic E-state index is -0.694. The first-order chi connectivity index (χ1) is 8.10. The van der Waals surface area contributed by atoms with E-state index in [0.29, 0.717) is 5.54 Å². The maximum absolute atomic E-state index is 11.0. The summed E-state index contributed by atoms with van der Waals surface area (Å²) in [6.45, 7) is 2.11. The predicted molar refractivity (Wildman–Crippen MR) is 77.2 cm³/mol. The topological polar surface area (TPSA) is 41.5 Å². The lowest BCUT2D eigenvalue weighted by atomic mass is 10.0. The average Bonchev–Trinajstić information content (AvgIpc) is 2.87. The molecule has 0 radical (unpaired) electrons. The molecule has 0 aromatic rings. The van der Waals surface area contributed by atoms with Crippen molar-refractivity contribution < 1.29 is 4.21 Å². The second kappa shape index (κ2) is 5.74. The quantitative estimate of drug-likeness (QED) is 0.854. The molecule has 0 aromatic carbocycles. The lowest BCUT2D eigenvalue weighted by molar-refractivity contribution is 0.452. The fourth-order valence-electron chi connectivity index (χ4n) is 2.50. The predicted octanol–water partition coefficient (Wildman–Crippen LogP) is 2.15. The summed E-state index contributed by atoms with van der Waals surface area (Å²) in [6.07, 6.45) is 7.98. The van der Waals surface area contributed by atoms with Gasteiger partial charge in [-0.1, -0.05) is 24.6 Å². The van der Waals surface area contributed by atoms with Gasteiger partial charge < -0.3 is 5.32 Å². The molecule has 2 unspecified atom stereocenters. The van der Waals surface area contributed by atoms with Crippen LogP contribution in [0.3, 0.4) is 0 Å². The van der Waals surface area contributed by atoms with Gasteiger partial charge in [0.2, 0.25) is 0 Å². The molecule has 1 heterocycles. The summed E-state index contributed by atoms with van der Waals surface area (Å²) >= 11 is 1.86. The molecule has 2 rings (SSSR count). The van der Waals surface area contributed by atoms with E-state index in [9.17, 15) is 4.21 Å². The largest absolute Gasteiger partial charge is 0.359 e. The van der Waals surface area contributed by atoms with E-state index in [2.05, 4.69) is 12.2 Å². The Morgan fingerprint density at radius 3 is 2.88 bits per heavy atom. The van der Waals surface area contributed by atoms with Gasteiger partial charge in [-0.15, -0.1) is 0 Å². The molecule has 2 fully saturated rings. The van der Waals surface area contributed by atoms with E-state index >= 15 is 0 Å². The second-order valence-electron chi connectivity index (χ2n) is 5.25. The van der Waals surface area contributed by atoms with E-state index in [1.54, 1.807) is 6.26 Å². The number of amidine groups is 1. The highest BCUT2D eigenvalue weighted by Gasteiger charge is 2.39. The van der Waals surface area contributed by atoms with Gasteiger partial charge in [0.15, 0.2) is 5.17 Å². The van der Waals surface area contributed by atoms with Gasteiger partial charge in [-0.05, 0) is 26.2 Å². The van der Waals surface area contributed by atoms with Crippen LogP contribution in [-0.2, 0) is 10.8 Å². The van der Waals surface area contributed by atoms with Gasteiger partial charge in [-0.25, -0.2) is 0 Å². The molecule has 0 amide bonds. The Balaban J connectivity index is 1.84. The molecule has 1 aliphatic heterocycles. The molecule has 0 bridgehead atoms. The number of nitrogens with one attached hydrogen (secondary N) is 1.